The maximum absolute atomic E-state index is 10.7. The summed E-state index contributed by atoms with van der Waals surface area (Å²) in [7, 11) is 0. The fourth-order valence-electron chi connectivity index (χ4n) is 1.56. The fourth-order valence-corrected chi connectivity index (χ4v) is 1.56. The van der Waals surface area contributed by atoms with Crippen molar-refractivity contribution in [2.45, 2.75) is 12.8 Å². The zero-order valence-electron chi connectivity index (χ0n) is 9.61. The molecule has 0 radical (unpaired) electrons. The Morgan fingerprint density at radius 2 is 2.44 bits per heavy atom. The van der Waals surface area contributed by atoms with Gasteiger partial charge in [0.1, 0.15) is 6.33 Å². The highest BCUT2D eigenvalue weighted by Crippen LogP contribution is 2.22. The average molecular weight is 244 g/mol. The largest absolute Gasteiger partial charge is 0.481 e. The molecule has 1 aromatic heterocycles. The molecule has 1 aliphatic carbocycles. The van der Waals surface area contributed by atoms with Crippen LogP contribution in [-0.2, 0) is 4.79 Å². The summed E-state index contributed by atoms with van der Waals surface area (Å²) >= 11 is 0. The van der Waals surface area contributed by atoms with E-state index in [1.807, 2.05) is 12.2 Å². The molecule has 0 saturated heterocycles. The predicted octanol–water partition coefficient (Wildman–Crippen LogP) is 2.10. The Morgan fingerprint density at radius 3 is 3.17 bits per heavy atom. The summed E-state index contributed by atoms with van der Waals surface area (Å²) in [6.07, 6.45) is 10.7. The van der Waals surface area contributed by atoms with Gasteiger partial charge in [-0.15, -0.1) is 0 Å². The van der Waals surface area contributed by atoms with Crippen LogP contribution in [-0.4, -0.2) is 21.0 Å². The van der Waals surface area contributed by atoms with Gasteiger partial charge < -0.3 is 9.84 Å². The molecular formula is C13H12N2O3. The zero-order valence-corrected chi connectivity index (χ0v) is 9.61. The first kappa shape index (κ1) is 12.0. The van der Waals surface area contributed by atoms with Crippen LogP contribution in [0.25, 0.3) is 0 Å². The molecule has 0 atom stereocenters. The van der Waals surface area contributed by atoms with Gasteiger partial charge in [0.2, 0.25) is 5.88 Å². The third kappa shape index (κ3) is 3.28. The van der Waals surface area contributed by atoms with Crippen LogP contribution < -0.4 is 4.74 Å². The Kier molecular flexibility index (Phi) is 3.86. The molecule has 0 aliphatic heterocycles. The van der Waals surface area contributed by atoms with Gasteiger partial charge in [-0.1, -0.05) is 18.2 Å². The number of nitrogens with zero attached hydrogens (tertiary/aromatic N) is 2. The maximum Gasteiger partial charge on any atom is 0.307 e. The van der Waals surface area contributed by atoms with E-state index >= 15 is 0 Å². The van der Waals surface area contributed by atoms with Gasteiger partial charge in [0, 0.05) is 12.3 Å². The van der Waals surface area contributed by atoms with Crippen LogP contribution in [0.15, 0.2) is 54.2 Å². The van der Waals surface area contributed by atoms with Crippen LogP contribution in [0.4, 0.5) is 0 Å². The van der Waals surface area contributed by atoms with Gasteiger partial charge in [-0.05, 0) is 17.6 Å². The summed E-state index contributed by atoms with van der Waals surface area (Å²) in [5.74, 6) is -0.425. The van der Waals surface area contributed by atoms with Crippen molar-refractivity contribution >= 4 is 5.97 Å². The molecule has 18 heavy (non-hydrogen) atoms. The number of ether oxygens (including phenoxy) is 1. The smallest absolute Gasteiger partial charge is 0.307 e. The highest BCUT2D eigenvalue weighted by molar-refractivity contribution is 5.72. The van der Waals surface area contributed by atoms with Crippen molar-refractivity contribution in [2.75, 3.05) is 0 Å². The summed E-state index contributed by atoms with van der Waals surface area (Å²) in [6, 6.07) is 1.64. The van der Waals surface area contributed by atoms with E-state index < -0.39 is 5.97 Å². The first-order valence-electron chi connectivity index (χ1n) is 5.45. The monoisotopic (exact) mass is 244 g/mol. The Balaban J connectivity index is 2.09. The van der Waals surface area contributed by atoms with E-state index in [-0.39, 0.29) is 6.42 Å². The summed E-state index contributed by atoms with van der Waals surface area (Å²) in [5, 5.41) is 8.82. The number of carbonyl (C=O) groups is 1. The number of aliphatic carboxylic acids is 1. The lowest BCUT2D eigenvalue weighted by Crippen LogP contribution is -2.03. The van der Waals surface area contributed by atoms with Gasteiger partial charge in [-0.25, -0.2) is 9.97 Å². The second kappa shape index (κ2) is 5.77. The number of rotatable bonds is 4. The number of aromatic nitrogens is 2. The van der Waals surface area contributed by atoms with Crippen molar-refractivity contribution in [1.82, 2.24) is 9.97 Å². The van der Waals surface area contributed by atoms with Crippen molar-refractivity contribution in [3.63, 3.8) is 0 Å². The lowest BCUT2D eigenvalue weighted by atomic mass is 9.97. The maximum atomic E-state index is 10.7. The van der Waals surface area contributed by atoms with Crippen molar-refractivity contribution in [1.29, 1.82) is 0 Å². The minimum atomic E-state index is -0.857. The molecule has 1 aromatic rings. The molecular weight excluding hydrogens is 232 g/mol. The van der Waals surface area contributed by atoms with Crippen LogP contribution >= 0.6 is 0 Å². The highest BCUT2D eigenvalue weighted by atomic mass is 16.5. The minimum Gasteiger partial charge on any atom is -0.481 e. The number of carboxylic acid groups (broad SMARTS) is 1. The zero-order chi connectivity index (χ0) is 12.8. The lowest BCUT2D eigenvalue weighted by Gasteiger charge is -2.11. The van der Waals surface area contributed by atoms with E-state index in [0.29, 0.717) is 12.3 Å². The molecule has 92 valence electrons. The second-order valence-electron chi connectivity index (χ2n) is 3.70. The molecule has 5 heteroatoms. The molecule has 1 aliphatic rings. The number of hydrogen-bond acceptors (Lipinski definition) is 4. The standard InChI is InChI=1S/C13H12N2O3/c16-13(17)7-10-3-1-2-4-11(10)8-18-12-5-6-14-9-15-12/h1-3,5-6,8-9H,4,7H2,(H,16,17). The van der Waals surface area contributed by atoms with Gasteiger partial charge in [-0.2, -0.15) is 0 Å². The molecule has 0 amide bonds. The third-order valence-corrected chi connectivity index (χ3v) is 2.40. The third-order valence-electron chi connectivity index (χ3n) is 2.40. The Labute approximate surface area is 104 Å². The topological polar surface area (TPSA) is 72.3 Å². The van der Waals surface area contributed by atoms with Crippen LogP contribution in [0.3, 0.4) is 0 Å². The fraction of sp³-hybridized carbons (Fsp3) is 0.154. The van der Waals surface area contributed by atoms with Gasteiger partial charge in [-0.3, -0.25) is 4.79 Å². The summed E-state index contributed by atoms with van der Waals surface area (Å²) in [5.41, 5.74) is 1.59. The molecule has 0 aromatic carbocycles. The van der Waals surface area contributed by atoms with Gasteiger partial charge in [0.15, 0.2) is 0 Å². The predicted molar refractivity (Wildman–Crippen MR) is 64.8 cm³/mol. The minimum absolute atomic E-state index is 0.0106. The average Bonchev–Trinajstić information content (AvgIpc) is 2.38. The summed E-state index contributed by atoms with van der Waals surface area (Å²) < 4.78 is 5.38. The Bertz CT molecular complexity index is 518. The Hall–Kier alpha value is -2.43. The Morgan fingerprint density at radius 1 is 1.56 bits per heavy atom. The SMILES string of the molecule is O=C(O)CC1=CC=CCC1=COc1ccncn1. The first-order valence-corrected chi connectivity index (χ1v) is 5.45. The second-order valence-corrected chi connectivity index (χ2v) is 3.70. The number of allylic oxidation sites excluding steroid dienone is 4. The quantitative estimate of drug-likeness (QED) is 0.821. The van der Waals surface area contributed by atoms with E-state index in [9.17, 15) is 4.79 Å². The molecule has 5 nitrogen and oxygen atoms in total. The first-order chi connectivity index (χ1) is 8.75. The van der Waals surface area contributed by atoms with Crippen LogP contribution in [0, 0.1) is 0 Å². The normalized spacial score (nSPS) is 16.4. The van der Waals surface area contributed by atoms with Gasteiger partial charge in [0.25, 0.3) is 0 Å². The lowest BCUT2D eigenvalue weighted by molar-refractivity contribution is -0.136. The van der Waals surface area contributed by atoms with Crippen molar-refractivity contribution in [2.24, 2.45) is 0 Å². The summed E-state index contributed by atoms with van der Waals surface area (Å²) in [4.78, 5) is 18.4. The number of carboxylic acids is 1. The van der Waals surface area contributed by atoms with Crippen LogP contribution in [0.5, 0.6) is 5.88 Å². The molecule has 1 heterocycles. The molecule has 0 saturated carbocycles. The highest BCUT2D eigenvalue weighted by Gasteiger charge is 2.11. The van der Waals surface area contributed by atoms with Crippen molar-refractivity contribution in [3.05, 3.63) is 54.2 Å². The molecule has 0 bridgehead atoms. The van der Waals surface area contributed by atoms with Crippen molar-refractivity contribution in [3.8, 4) is 5.88 Å². The van der Waals surface area contributed by atoms with E-state index in [0.717, 1.165) is 11.1 Å². The van der Waals surface area contributed by atoms with E-state index in [1.165, 1.54) is 6.33 Å². The van der Waals surface area contributed by atoms with Gasteiger partial charge >= 0.3 is 5.97 Å². The molecule has 0 fully saturated rings. The number of hydrogen-bond donors (Lipinski definition) is 1. The van der Waals surface area contributed by atoms with E-state index in [4.69, 9.17) is 9.84 Å². The van der Waals surface area contributed by atoms with E-state index in [2.05, 4.69) is 9.97 Å². The van der Waals surface area contributed by atoms with Crippen LogP contribution in [0.1, 0.15) is 12.8 Å². The molecule has 1 N–H and O–H groups in total. The molecule has 2 rings (SSSR count). The molecule has 0 spiro atoms. The van der Waals surface area contributed by atoms with Gasteiger partial charge in [0.05, 0.1) is 12.7 Å². The summed E-state index contributed by atoms with van der Waals surface area (Å²) in [6.45, 7) is 0. The van der Waals surface area contributed by atoms with Crippen LogP contribution in [0.2, 0.25) is 0 Å². The van der Waals surface area contributed by atoms with Crippen molar-refractivity contribution < 1.29 is 14.6 Å². The molecule has 0 unspecified atom stereocenters. The van der Waals surface area contributed by atoms with E-state index in [1.54, 1.807) is 24.6 Å².